The zero-order valence-electron chi connectivity index (χ0n) is 18.3. The number of rotatable bonds is 6. The molecule has 4 rings (SSSR count). The van der Waals surface area contributed by atoms with Crippen LogP contribution < -0.4 is 21.1 Å². The lowest BCUT2D eigenvalue weighted by molar-refractivity contribution is 0.162. The lowest BCUT2D eigenvalue weighted by atomic mass is 10.1. The van der Waals surface area contributed by atoms with E-state index in [1.165, 1.54) is 30.3 Å². The number of aliphatic hydroxyl groups excluding tert-OH is 1. The summed E-state index contributed by atoms with van der Waals surface area (Å²) in [5, 5.41) is 25.9. The average Bonchev–Trinajstić information content (AvgIpc) is 2.79. The van der Waals surface area contributed by atoms with Crippen molar-refractivity contribution in [2.75, 3.05) is 18.4 Å². The van der Waals surface area contributed by atoms with Gasteiger partial charge in [0.15, 0.2) is 5.82 Å². The molecule has 0 radical (unpaired) electrons. The highest BCUT2D eigenvalue weighted by Crippen LogP contribution is 2.29. The normalized spacial score (nSPS) is 15.9. The van der Waals surface area contributed by atoms with Gasteiger partial charge in [0.1, 0.15) is 35.4 Å². The third-order valence-electron chi connectivity index (χ3n) is 5.33. The van der Waals surface area contributed by atoms with Gasteiger partial charge < -0.3 is 26.2 Å². The molecule has 0 saturated carbocycles. The van der Waals surface area contributed by atoms with Crippen LogP contribution in [0.15, 0.2) is 54.2 Å². The first-order chi connectivity index (χ1) is 15.9. The molecule has 6 N–H and O–H groups in total. The molecule has 172 valence electrons. The Balaban J connectivity index is 1.73. The molecule has 1 unspecified atom stereocenters. The number of nitrogens with one attached hydrogen (secondary N) is 3. The fraction of sp³-hybridized carbons (Fsp3) is 0.292. The molecule has 2 heterocycles. The standard InChI is InChI=1S/C24H27FN6O2/c1-14(26)12-21(27)30-23-19-7-6-18(33-17-8-10-28-11-9-17)13-20(19)29-24(31-23)22(32)15-2-4-16(25)5-3-15/h2-7,12-13,17,22,28,32H,8-11,26H2,1H3,(H2,27,29,30,31)/b14-12-. The first-order valence-corrected chi connectivity index (χ1v) is 10.8. The van der Waals surface area contributed by atoms with Crippen LogP contribution in [0.4, 0.5) is 10.2 Å². The Labute approximate surface area is 191 Å². The molecule has 1 saturated heterocycles. The van der Waals surface area contributed by atoms with Crippen LogP contribution in [-0.4, -0.2) is 40.1 Å². The summed E-state index contributed by atoms with van der Waals surface area (Å²) >= 11 is 0. The predicted octanol–water partition coefficient (Wildman–Crippen LogP) is 3.23. The molecule has 1 aliphatic rings. The van der Waals surface area contributed by atoms with Crippen molar-refractivity contribution in [3.8, 4) is 5.75 Å². The molecule has 0 amide bonds. The summed E-state index contributed by atoms with van der Waals surface area (Å²) in [5.41, 5.74) is 7.17. The monoisotopic (exact) mass is 450 g/mol. The van der Waals surface area contributed by atoms with Crippen molar-refractivity contribution >= 4 is 22.6 Å². The Morgan fingerprint density at radius 2 is 1.97 bits per heavy atom. The molecule has 1 atom stereocenters. The molecule has 3 aromatic rings. The number of nitrogens with two attached hydrogens (primary N) is 1. The number of halogens is 1. The van der Waals surface area contributed by atoms with Crippen LogP contribution in [0.25, 0.3) is 10.9 Å². The number of aliphatic hydroxyl groups is 1. The second kappa shape index (κ2) is 9.93. The quantitative estimate of drug-likeness (QED) is 0.288. The molecule has 33 heavy (non-hydrogen) atoms. The number of allylic oxidation sites excluding steroid dienone is 1. The molecule has 1 fully saturated rings. The van der Waals surface area contributed by atoms with Crippen molar-refractivity contribution in [1.82, 2.24) is 15.3 Å². The van der Waals surface area contributed by atoms with Gasteiger partial charge in [0, 0.05) is 17.1 Å². The lowest BCUT2D eigenvalue weighted by Gasteiger charge is -2.24. The van der Waals surface area contributed by atoms with E-state index in [1.54, 1.807) is 13.0 Å². The van der Waals surface area contributed by atoms with Crippen molar-refractivity contribution in [3.63, 3.8) is 0 Å². The summed E-state index contributed by atoms with van der Waals surface area (Å²) in [6.07, 6.45) is 2.26. The number of ether oxygens (including phenoxy) is 1. The number of hydrogen-bond donors (Lipinski definition) is 5. The minimum absolute atomic E-state index is 0.0484. The number of fused-ring (bicyclic) bond motifs is 1. The molecule has 8 nitrogen and oxygen atoms in total. The molecule has 1 aliphatic heterocycles. The Bertz CT molecular complexity index is 1170. The first kappa shape index (κ1) is 22.6. The van der Waals surface area contributed by atoms with Gasteiger partial charge >= 0.3 is 0 Å². The highest BCUT2D eigenvalue weighted by molar-refractivity contribution is 6.06. The van der Waals surface area contributed by atoms with Crippen LogP contribution >= 0.6 is 0 Å². The van der Waals surface area contributed by atoms with E-state index < -0.39 is 11.9 Å². The molecule has 0 bridgehead atoms. The Kier molecular flexibility index (Phi) is 6.81. The van der Waals surface area contributed by atoms with E-state index in [9.17, 15) is 9.50 Å². The molecule has 0 spiro atoms. The largest absolute Gasteiger partial charge is 0.490 e. The van der Waals surface area contributed by atoms with Crippen LogP contribution in [0.3, 0.4) is 0 Å². The maximum Gasteiger partial charge on any atom is 0.164 e. The Morgan fingerprint density at radius 3 is 2.67 bits per heavy atom. The zero-order valence-corrected chi connectivity index (χ0v) is 18.3. The lowest BCUT2D eigenvalue weighted by Crippen LogP contribution is -2.34. The van der Waals surface area contributed by atoms with Gasteiger partial charge in [-0.2, -0.15) is 0 Å². The maximum absolute atomic E-state index is 13.3. The van der Waals surface area contributed by atoms with Crippen LogP contribution in [0.1, 0.15) is 37.3 Å². The number of benzene rings is 2. The van der Waals surface area contributed by atoms with Crippen molar-refractivity contribution in [1.29, 1.82) is 5.41 Å². The minimum atomic E-state index is -1.18. The van der Waals surface area contributed by atoms with E-state index in [-0.39, 0.29) is 17.8 Å². The molecule has 9 heteroatoms. The van der Waals surface area contributed by atoms with Gasteiger partial charge in [-0.15, -0.1) is 0 Å². The third-order valence-corrected chi connectivity index (χ3v) is 5.33. The van der Waals surface area contributed by atoms with Gasteiger partial charge in [0.25, 0.3) is 0 Å². The van der Waals surface area contributed by atoms with Gasteiger partial charge in [-0.25, -0.2) is 14.4 Å². The van der Waals surface area contributed by atoms with Crippen LogP contribution in [0.2, 0.25) is 0 Å². The summed E-state index contributed by atoms with van der Waals surface area (Å²) in [4.78, 5) is 9.03. The average molecular weight is 451 g/mol. The van der Waals surface area contributed by atoms with Gasteiger partial charge in [0.05, 0.1) is 5.52 Å². The van der Waals surface area contributed by atoms with Crippen molar-refractivity contribution in [2.45, 2.75) is 32.0 Å². The number of anilines is 1. The summed E-state index contributed by atoms with van der Waals surface area (Å²) in [6, 6.07) is 11.0. The van der Waals surface area contributed by atoms with E-state index in [2.05, 4.69) is 20.6 Å². The van der Waals surface area contributed by atoms with Crippen molar-refractivity contribution in [2.24, 2.45) is 5.73 Å². The topological polar surface area (TPSA) is 129 Å². The van der Waals surface area contributed by atoms with E-state index in [4.69, 9.17) is 15.9 Å². The van der Waals surface area contributed by atoms with E-state index in [0.29, 0.717) is 33.7 Å². The molecular weight excluding hydrogens is 423 g/mol. The number of hydrogen-bond acceptors (Lipinski definition) is 7. The predicted molar refractivity (Wildman–Crippen MR) is 126 cm³/mol. The van der Waals surface area contributed by atoms with Gasteiger partial charge in [0.2, 0.25) is 0 Å². The molecule has 2 aromatic carbocycles. The second-order valence-electron chi connectivity index (χ2n) is 8.06. The highest BCUT2D eigenvalue weighted by Gasteiger charge is 2.19. The summed E-state index contributed by atoms with van der Waals surface area (Å²) in [6.45, 7) is 3.51. The van der Waals surface area contributed by atoms with E-state index in [1.807, 2.05) is 12.1 Å². The number of amidine groups is 1. The molecule has 1 aromatic heterocycles. The van der Waals surface area contributed by atoms with E-state index in [0.717, 1.165) is 25.9 Å². The minimum Gasteiger partial charge on any atom is -0.490 e. The Morgan fingerprint density at radius 1 is 1.24 bits per heavy atom. The van der Waals surface area contributed by atoms with Crippen LogP contribution in [0, 0.1) is 11.2 Å². The highest BCUT2D eigenvalue weighted by atomic mass is 19.1. The smallest absolute Gasteiger partial charge is 0.164 e. The number of piperidine rings is 1. The third kappa shape index (κ3) is 5.63. The van der Waals surface area contributed by atoms with E-state index >= 15 is 0 Å². The molecule has 0 aliphatic carbocycles. The van der Waals surface area contributed by atoms with Gasteiger partial charge in [-0.1, -0.05) is 12.1 Å². The Hall–Kier alpha value is -3.56. The maximum atomic E-state index is 13.3. The summed E-state index contributed by atoms with van der Waals surface area (Å²) < 4.78 is 19.5. The van der Waals surface area contributed by atoms with Gasteiger partial charge in [-0.05, 0) is 68.8 Å². The van der Waals surface area contributed by atoms with Gasteiger partial charge in [-0.3, -0.25) is 5.41 Å². The molecular formula is C24H27FN6O2. The van der Waals surface area contributed by atoms with Crippen molar-refractivity contribution < 1.29 is 14.2 Å². The SMILES string of the molecule is C/C(N)=C/C(=N)Nc1nc(C(O)c2ccc(F)cc2)nc2cc(OC3CCNCC3)ccc12. The zero-order chi connectivity index (χ0) is 23.4. The summed E-state index contributed by atoms with van der Waals surface area (Å²) in [7, 11) is 0. The second-order valence-corrected chi connectivity index (χ2v) is 8.06. The summed E-state index contributed by atoms with van der Waals surface area (Å²) in [5.74, 6) is 0.801. The first-order valence-electron chi connectivity index (χ1n) is 10.8. The fourth-order valence-electron chi connectivity index (χ4n) is 3.71. The fourth-order valence-corrected chi connectivity index (χ4v) is 3.71. The number of nitrogens with zero attached hydrogens (tertiary/aromatic N) is 2. The number of aromatic nitrogens is 2. The van der Waals surface area contributed by atoms with Crippen LogP contribution in [-0.2, 0) is 0 Å². The van der Waals surface area contributed by atoms with Crippen molar-refractivity contribution in [3.05, 3.63) is 71.4 Å². The van der Waals surface area contributed by atoms with Crippen LogP contribution in [0.5, 0.6) is 5.75 Å².